The third-order valence-electron chi connectivity index (χ3n) is 2.85. The molecule has 0 aliphatic heterocycles. The van der Waals surface area contributed by atoms with Gasteiger partial charge in [0.25, 0.3) is 0 Å². The van der Waals surface area contributed by atoms with Crippen molar-refractivity contribution in [2.24, 2.45) is 0 Å². The first-order valence-corrected chi connectivity index (χ1v) is 7.61. The van der Waals surface area contributed by atoms with Gasteiger partial charge in [0.2, 0.25) is 0 Å². The molecule has 0 saturated carbocycles. The molecule has 2 aromatic rings. The second kappa shape index (κ2) is 7.61. The Morgan fingerprint density at radius 3 is 2.52 bits per heavy atom. The number of halogens is 3. The van der Waals surface area contributed by atoms with Crippen LogP contribution in [0.1, 0.15) is 16.7 Å². The number of rotatable bonds is 3. The van der Waals surface area contributed by atoms with Gasteiger partial charge in [0.05, 0.1) is 15.9 Å². The van der Waals surface area contributed by atoms with E-state index in [1.165, 1.54) is 0 Å². The fourth-order valence-corrected chi connectivity index (χ4v) is 2.20. The van der Waals surface area contributed by atoms with E-state index in [2.05, 4.69) is 11.8 Å². The van der Waals surface area contributed by atoms with Crippen LogP contribution in [0.2, 0.25) is 10.0 Å². The topological polar surface area (TPSA) is 9.23 Å². The number of ether oxygens (including phenoxy) is 1. The maximum atomic E-state index is 5.98. The van der Waals surface area contributed by atoms with Gasteiger partial charge >= 0.3 is 0 Å². The summed E-state index contributed by atoms with van der Waals surface area (Å²) in [4.78, 5) is 0. The zero-order valence-corrected chi connectivity index (χ0v) is 13.7. The number of hydrogen-bond acceptors (Lipinski definition) is 1. The molecule has 0 amide bonds. The summed E-state index contributed by atoms with van der Waals surface area (Å²) in [6, 6.07) is 11.3. The highest BCUT2D eigenvalue weighted by molar-refractivity contribution is 6.42. The van der Waals surface area contributed by atoms with Crippen molar-refractivity contribution in [2.75, 3.05) is 5.88 Å². The molecular weight excluding hydrogens is 327 g/mol. The van der Waals surface area contributed by atoms with Crippen LogP contribution in [0.5, 0.6) is 5.75 Å². The van der Waals surface area contributed by atoms with Crippen LogP contribution in [0.25, 0.3) is 0 Å². The van der Waals surface area contributed by atoms with Crippen LogP contribution in [-0.4, -0.2) is 5.88 Å². The van der Waals surface area contributed by atoms with Crippen LogP contribution in [0, 0.1) is 18.8 Å². The van der Waals surface area contributed by atoms with Gasteiger partial charge in [-0.15, -0.1) is 11.6 Å². The highest BCUT2D eigenvalue weighted by Crippen LogP contribution is 2.24. The Labute approximate surface area is 139 Å². The fraction of sp³-hybridized carbons (Fsp3) is 0.176. The Balaban J connectivity index is 2.07. The molecule has 108 valence electrons. The summed E-state index contributed by atoms with van der Waals surface area (Å²) < 4.78 is 5.80. The molecule has 0 aromatic heterocycles. The minimum absolute atomic E-state index is 0.328. The molecule has 0 aliphatic rings. The molecule has 0 radical (unpaired) electrons. The van der Waals surface area contributed by atoms with Crippen molar-refractivity contribution < 1.29 is 4.74 Å². The summed E-state index contributed by atoms with van der Waals surface area (Å²) in [7, 11) is 0. The quantitative estimate of drug-likeness (QED) is 0.532. The summed E-state index contributed by atoms with van der Waals surface area (Å²) >= 11 is 17.4. The molecule has 2 aromatic carbocycles. The average molecular weight is 340 g/mol. The van der Waals surface area contributed by atoms with Crippen LogP contribution < -0.4 is 4.74 Å². The molecule has 0 saturated heterocycles. The lowest BCUT2D eigenvalue weighted by atomic mass is 10.1. The second-order valence-electron chi connectivity index (χ2n) is 4.45. The summed E-state index contributed by atoms with van der Waals surface area (Å²) in [5.74, 6) is 6.95. The molecule has 0 heterocycles. The lowest BCUT2D eigenvalue weighted by molar-refractivity contribution is 0.304. The smallest absolute Gasteiger partial charge is 0.122 e. The standard InChI is InChI=1S/C17H13Cl3O/c1-12-9-13(3-2-8-18)5-7-17(12)21-11-14-4-6-15(19)16(20)10-14/h4-7,9-10H,8,11H2,1H3. The average Bonchev–Trinajstić information content (AvgIpc) is 2.47. The van der Waals surface area contributed by atoms with Crippen molar-refractivity contribution >= 4 is 34.8 Å². The van der Waals surface area contributed by atoms with Crippen LogP contribution in [0.15, 0.2) is 36.4 Å². The number of aryl methyl sites for hydroxylation is 1. The van der Waals surface area contributed by atoms with E-state index in [0.29, 0.717) is 22.5 Å². The third-order valence-corrected chi connectivity index (χ3v) is 3.73. The molecule has 1 nitrogen and oxygen atoms in total. The minimum Gasteiger partial charge on any atom is -0.489 e. The van der Waals surface area contributed by atoms with Crippen molar-refractivity contribution in [3.63, 3.8) is 0 Å². The molecule has 0 spiro atoms. The van der Waals surface area contributed by atoms with Gasteiger partial charge in [-0.1, -0.05) is 41.1 Å². The summed E-state index contributed by atoms with van der Waals surface area (Å²) in [5.41, 5.74) is 2.92. The van der Waals surface area contributed by atoms with E-state index >= 15 is 0 Å². The molecular formula is C17H13Cl3O. The van der Waals surface area contributed by atoms with Crippen molar-refractivity contribution in [2.45, 2.75) is 13.5 Å². The van der Waals surface area contributed by atoms with E-state index in [4.69, 9.17) is 39.5 Å². The van der Waals surface area contributed by atoms with Gasteiger partial charge in [0.15, 0.2) is 0 Å². The van der Waals surface area contributed by atoms with E-state index in [1.807, 2.05) is 31.2 Å². The third kappa shape index (κ3) is 4.58. The molecule has 2 rings (SSSR count). The van der Waals surface area contributed by atoms with Gasteiger partial charge in [0.1, 0.15) is 12.4 Å². The second-order valence-corrected chi connectivity index (χ2v) is 5.53. The van der Waals surface area contributed by atoms with Gasteiger partial charge in [-0.05, 0) is 48.4 Å². The Morgan fingerprint density at radius 2 is 1.86 bits per heavy atom. The van der Waals surface area contributed by atoms with Crippen molar-refractivity contribution in [1.29, 1.82) is 0 Å². The number of benzene rings is 2. The van der Waals surface area contributed by atoms with E-state index in [9.17, 15) is 0 Å². The molecule has 0 bridgehead atoms. The largest absolute Gasteiger partial charge is 0.489 e. The summed E-state index contributed by atoms with van der Waals surface area (Å²) in [6.45, 7) is 2.42. The molecule has 4 heteroatoms. The Morgan fingerprint density at radius 1 is 1.05 bits per heavy atom. The monoisotopic (exact) mass is 338 g/mol. The maximum absolute atomic E-state index is 5.98. The SMILES string of the molecule is Cc1cc(C#CCCl)ccc1OCc1ccc(Cl)c(Cl)c1. The van der Waals surface area contributed by atoms with Crippen LogP contribution in [-0.2, 0) is 6.61 Å². The molecule has 0 atom stereocenters. The summed E-state index contributed by atoms with van der Waals surface area (Å²) in [6.07, 6.45) is 0. The highest BCUT2D eigenvalue weighted by atomic mass is 35.5. The van der Waals surface area contributed by atoms with Crippen molar-refractivity contribution in [3.8, 4) is 17.6 Å². The lowest BCUT2D eigenvalue weighted by Gasteiger charge is -2.10. The van der Waals surface area contributed by atoms with E-state index in [-0.39, 0.29) is 0 Å². The van der Waals surface area contributed by atoms with Crippen molar-refractivity contribution in [3.05, 3.63) is 63.1 Å². The van der Waals surface area contributed by atoms with Gasteiger partial charge < -0.3 is 4.74 Å². The lowest BCUT2D eigenvalue weighted by Crippen LogP contribution is -1.97. The Kier molecular flexibility index (Phi) is 5.82. The predicted molar refractivity (Wildman–Crippen MR) is 89.6 cm³/mol. The first-order valence-electron chi connectivity index (χ1n) is 6.32. The molecule has 21 heavy (non-hydrogen) atoms. The molecule has 0 N–H and O–H groups in total. The van der Waals surface area contributed by atoms with Crippen LogP contribution in [0.4, 0.5) is 0 Å². The normalized spacial score (nSPS) is 9.90. The van der Waals surface area contributed by atoms with E-state index in [0.717, 1.165) is 22.4 Å². The van der Waals surface area contributed by atoms with Crippen molar-refractivity contribution in [1.82, 2.24) is 0 Å². The number of hydrogen-bond donors (Lipinski definition) is 0. The summed E-state index contributed by atoms with van der Waals surface area (Å²) in [5, 5.41) is 1.07. The van der Waals surface area contributed by atoms with Gasteiger partial charge in [-0.3, -0.25) is 0 Å². The zero-order valence-electron chi connectivity index (χ0n) is 11.4. The van der Waals surface area contributed by atoms with Crippen LogP contribution >= 0.6 is 34.8 Å². The zero-order chi connectivity index (χ0) is 15.2. The molecule has 0 aliphatic carbocycles. The van der Waals surface area contributed by atoms with E-state index in [1.54, 1.807) is 12.1 Å². The molecule has 0 unspecified atom stereocenters. The van der Waals surface area contributed by atoms with Gasteiger partial charge in [-0.25, -0.2) is 0 Å². The first-order chi connectivity index (χ1) is 10.1. The van der Waals surface area contributed by atoms with Crippen LogP contribution in [0.3, 0.4) is 0 Å². The predicted octanol–water partition coefficient (Wildman–Crippen LogP) is 5.47. The maximum Gasteiger partial charge on any atom is 0.122 e. The van der Waals surface area contributed by atoms with E-state index < -0.39 is 0 Å². The minimum atomic E-state index is 0.328. The Bertz CT molecular complexity index is 699. The fourth-order valence-electron chi connectivity index (χ4n) is 1.82. The molecule has 0 fully saturated rings. The number of alkyl halides is 1. The Hall–Kier alpha value is -1.33. The highest BCUT2D eigenvalue weighted by Gasteiger charge is 2.03. The van der Waals surface area contributed by atoms with Gasteiger partial charge in [0, 0.05) is 5.56 Å². The van der Waals surface area contributed by atoms with Gasteiger partial charge in [-0.2, -0.15) is 0 Å². The first kappa shape index (κ1) is 16.0.